The Labute approximate surface area is 186 Å². The zero-order chi connectivity index (χ0) is 22.2. The highest BCUT2D eigenvalue weighted by atomic mass is 16.5. The monoisotopic (exact) mass is 424 g/mol. The van der Waals surface area contributed by atoms with Gasteiger partial charge in [-0.3, -0.25) is 4.79 Å². The van der Waals surface area contributed by atoms with Crippen LogP contribution >= 0.6 is 0 Å². The number of aryl methyl sites for hydroxylation is 1. The Kier molecular flexibility index (Phi) is 8.35. The van der Waals surface area contributed by atoms with Crippen molar-refractivity contribution in [2.75, 3.05) is 26.3 Å². The molecule has 1 N–H and O–H groups in total. The van der Waals surface area contributed by atoms with Gasteiger partial charge in [-0.15, -0.1) is 0 Å². The quantitative estimate of drug-likeness (QED) is 0.641. The van der Waals surface area contributed by atoms with E-state index in [9.17, 15) is 4.79 Å². The summed E-state index contributed by atoms with van der Waals surface area (Å²) in [5.74, 6) is 2.11. The Morgan fingerprint density at radius 1 is 1.06 bits per heavy atom. The molecule has 2 aromatic rings. The first kappa shape index (κ1) is 23.1. The molecule has 5 heteroatoms. The molecule has 0 bridgehead atoms. The highest BCUT2D eigenvalue weighted by Gasteiger charge is 2.23. The smallest absolute Gasteiger partial charge is 0.226 e. The van der Waals surface area contributed by atoms with Gasteiger partial charge in [0.2, 0.25) is 5.91 Å². The van der Waals surface area contributed by atoms with Crippen LogP contribution in [0.5, 0.6) is 11.5 Å². The third kappa shape index (κ3) is 6.73. The van der Waals surface area contributed by atoms with Crippen LogP contribution in [-0.4, -0.2) is 37.1 Å². The molecule has 1 unspecified atom stereocenters. The number of hydrogen-bond acceptors (Lipinski definition) is 4. The topological polar surface area (TPSA) is 50.8 Å². The summed E-state index contributed by atoms with van der Waals surface area (Å²) >= 11 is 0. The van der Waals surface area contributed by atoms with Crippen molar-refractivity contribution in [3.8, 4) is 11.5 Å². The summed E-state index contributed by atoms with van der Waals surface area (Å²) in [5, 5.41) is 3.43. The van der Waals surface area contributed by atoms with Crippen LogP contribution in [0, 0.1) is 18.8 Å². The van der Waals surface area contributed by atoms with E-state index in [4.69, 9.17) is 9.47 Å². The first-order valence-corrected chi connectivity index (χ1v) is 11.4. The molecule has 1 aliphatic rings. The summed E-state index contributed by atoms with van der Waals surface area (Å²) in [4.78, 5) is 15.3. The average Bonchev–Trinajstić information content (AvgIpc) is 2.99. The zero-order valence-electron chi connectivity index (χ0n) is 19.3. The number of amides is 1. The molecule has 168 valence electrons. The molecule has 0 saturated carbocycles. The van der Waals surface area contributed by atoms with Gasteiger partial charge >= 0.3 is 0 Å². The van der Waals surface area contributed by atoms with Gasteiger partial charge in [-0.1, -0.05) is 57.2 Å². The normalized spacial score (nSPS) is 14.2. The first-order valence-electron chi connectivity index (χ1n) is 11.4. The molecule has 1 atom stereocenters. The van der Waals surface area contributed by atoms with Gasteiger partial charge in [0.15, 0.2) is 11.5 Å². The van der Waals surface area contributed by atoms with Crippen molar-refractivity contribution in [3.63, 3.8) is 0 Å². The van der Waals surface area contributed by atoms with Crippen molar-refractivity contribution >= 4 is 5.91 Å². The average molecular weight is 425 g/mol. The first-order chi connectivity index (χ1) is 14.9. The molecule has 31 heavy (non-hydrogen) atoms. The Morgan fingerprint density at radius 2 is 1.81 bits per heavy atom. The minimum Gasteiger partial charge on any atom is -0.490 e. The number of carbonyl (C=O) groups excluding carboxylic acids is 1. The zero-order valence-corrected chi connectivity index (χ0v) is 19.3. The maximum absolute atomic E-state index is 13.3. The van der Waals surface area contributed by atoms with Crippen molar-refractivity contribution in [1.29, 1.82) is 0 Å². The van der Waals surface area contributed by atoms with Crippen molar-refractivity contribution in [1.82, 2.24) is 10.2 Å². The Hall–Kier alpha value is -2.53. The molecular formula is C26H36N2O3. The summed E-state index contributed by atoms with van der Waals surface area (Å²) in [7, 11) is 0. The lowest BCUT2D eigenvalue weighted by atomic mass is 10.1. The van der Waals surface area contributed by atoms with E-state index in [1.54, 1.807) is 0 Å². The standard InChI is InChI=1S/C26H36N2O3/c1-19(2)17-28(26(29)21(4)15-27-16-22-9-6-5-7-10-22)18-23-13-20(3)25-24(14-23)30-11-8-12-31-25/h5-7,9-10,13-14,19,21,27H,8,11-12,15-18H2,1-4H3. The Bertz CT molecular complexity index is 851. The van der Waals surface area contributed by atoms with Gasteiger partial charge in [0.25, 0.3) is 0 Å². The van der Waals surface area contributed by atoms with Crippen LogP contribution < -0.4 is 14.8 Å². The number of carbonyl (C=O) groups is 1. The fourth-order valence-electron chi connectivity index (χ4n) is 3.93. The van der Waals surface area contributed by atoms with Gasteiger partial charge in [-0.05, 0) is 35.6 Å². The second-order valence-corrected chi connectivity index (χ2v) is 8.92. The van der Waals surface area contributed by atoms with Gasteiger partial charge in [-0.25, -0.2) is 0 Å². The predicted octanol–water partition coefficient (Wildman–Crippen LogP) is 4.57. The molecule has 1 aliphatic heterocycles. The number of ether oxygens (including phenoxy) is 2. The van der Waals surface area contributed by atoms with E-state index in [0.29, 0.717) is 32.2 Å². The molecule has 3 rings (SSSR count). The number of rotatable bonds is 9. The van der Waals surface area contributed by atoms with E-state index in [1.807, 2.05) is 43.0 Å². The Balaban J connectivity index is 1.65. The van der Waals surface area contributed by atoms with Crippen molar-refractivity contribution in [2.45, 2.75) is 47.2 Å². The van der Waals surface area contributed by atoms with E-state index in [-0.39, 0.29) is 11.8 Å². The summed E-state index contributed by atoms with van der Waals surface area (Å²) < 4.78 is 11.8. The van der Waals surface area contributed by atoms with Gasteiger partial charge in [0.1, 0.15) is 0 Å². The van der Waals surface area contributed by atoms with E-state index in [0.717, 1.165) is 42.1 Å². The van der Waals surface area contributed by atoms with Crippen LogP contribution in [0.15, 0.2) is 42.5 Å². The van der Waals surface area contributed by atoms with Crippen LogP contribution in [0.3, 0.4) is 0 Å². The summed E-state index contributed by atoms with van der Waals surface area (Å²) in [6.07, 6.45) is 0.884. The number of nitrogens with zero attached hydrogens (tertiary/aromatic N) is 1. The van der Waals surface area contributed by atoms with Crippen LogP contribution in [0.25, 0.3) is 0 Å². The van der Waals surface area contributed by atoms with Crippen molar-refractivity contribution < 1.29 is 14.3 Å². The second-order valence-electron chi connectivity index (χ2n) is 8.92. The fourth-order valence-corrected chi connectivity index (χ4v) is 3.93. The molecule has 0 saturated heterocycles. The molecule has 0 aromatic heterocycles. The molecule has 2 aromatic carbocycles. The van der Waals surface area contributed by atoms with E-state index < -0.39 is 0 Å². The SMILES string of the molecule is Cc1cc(CN(CC(C)C)C(=O)C(C)CNCc2ccccc2)cc2c1OCCCO2. The molecule has 0 fully saturated rings. The number of nitrogens with one attached hydrogen (secondary N) is 1. The largest absolute Gasteiger partial charge is 0.490 e. The third-order valence-corrected chi connectivity index (χ3v) is 5.41. The summed E-state index contributed by atoms with van der Waals surface area (Å²) in [6, 6.07) is 14.4. The van der Waals surface area contributed by atoms with Crippen LogP contribution in [0.1, 0.15) is 43.9 Å². The number of hydrogen-bond donors (Lipinski definition) is 1. The lowest BCUT2D eigenvalue weighted by molar-refractivity contribution is -0.136. The third-order valence-electron chi connectivity index (χ3n) is 5.41. The molecule has 0 aliphatic carbocycles. The molecule has 1 heterocycles. The van der Waals surface area contributed by atoms with Gasteiger partial charge < -0.3 is 19.7 Å². The van der Waals surface area contributed by atoms with Gasteiger partial charge in [0.05, 0.1) is 13.2 Å². The maximum Gasteiger partial charge on any atom is 0.226 e. The van der Waals surface area contributed by atoms with Crippen LogP contribution in [0.4, 0.5) is 0 Å². The Morgan fingerprint density at radius 3 is 2.55 bits per heavy atom. The van der Waals surface area contributed by atoms with Crippen molar-refractivity contribution in [3.05, 3.63) is 59.2 Å². The predicted molar refractivity (Wildman–Crippen MR) is 124 cm³/mol. The summed E-state index contributed by atoms with van der Waals surface area (Å²) in [6.45, 7) is 12.4. The molecule has 0 spiro atoms. The molecular weight excluding hydrogens is 388 g/mol. The van der Waals surface area contributed by atoms with E-state index in [1.165, 1.54) is 5.56 Å². The van der Waals surface area contributed by atoms with Gasteiger partial charge in [-0.2, -0.15) is 0 Å². The lowest BCUT2D eigenvalue weighted by Crippen LogP contribution is -2.40. The second kappa shape index (κ2) is 11.2. The molecule has 0 radical (unpaired) electrons. The van der Waals surface area contributed by atoms with Gasteiger partial charge in [0, 0.05) is 38.5 Å². The minimum atomic E-state index is -0.0935. The fraction of sp³-hybridized carbons (Fsp3) is 0.500. The highest BCUT2D eigenvalue weighted by Crippen LogP contribution is 2.34. The lowest BCUT2D eigenvalue weighted by Gasteiger charge is -2.28. The molecule has 5 nitrogen and oxygen atoms in total. The summed E-state index contributed by atoms with van der Waals surface area (Å²) in [5.41, 5.74) is 3.37. The number of fused-ring (bicyclic) bond motifs is 1. The maximum atomic E-state index is 13.3. The van der Waals surface area contributed by atoms with Crippen LogP contribution in [-0.2, 0) is 17.9 Å². The highest BCUT2D eigenvalue weighted by molar-refractivity contribution is 5.78. The van der Waals surface area contributed by atoms with E-state index in [2.05, 4.69) is 37.4 Å². The van der Waals surface area contributed by atoms with Crippen molar-refractivity contribution in [2.24, 2.45) is 11.8 Å². The van der Waals surface area contributed by atoms with E-state index >= 15 is 0 Å². The molecule has 1 amide bonds. The van der Waals surface area contributed by atoms with Crippen LogP contribution in [0.2, 0.25) is 0 Å². The number of benzene rings is 2. The minimum absolute atomic E-state index is 0.0935.